The number of rotatable bonds is 6. The van der Waals surface area contributed by atoms with E-state index in [1.165, 1.54) is 16.2 Å². The lowest BCUT2D eigenvalue weighted by Crippen LogP contribution is -2.33. The summed E-state index contributed by atoms with van der Waals surface area (Å²) in [5.41, 5.74) is 1.33. The minimum Gasteiger partial charge on any atom is -0.335 e. The van der Waals surface area contributed by atoms with Crippen molar-refractivity contribution in [1.82, 2.24) is 9.88 Å². The van der Waals surface area contributed by atoms with Crippen LogP contribution in [-0.2, 0) is 0 Å². The molecule has 2 rings (SSSR count). The van der Waals surface area contributed by atoms with E-state index in [2.05, 4.69) is 4.98 Å². The molecule has 110 valence electrons. The van der Waals surface area contributed by atoms with Crippen LogP contribution < -0.4 is 0 Å². The Morgan fingerprint density at radius 2 is 1.77 bits per heavy atom. The summed E-state index contributed by atoms with van der Waals surface area (Å²) >= 11 is 1.41. The molecule has 0 aliphatic rings. The van der Waals surface area contributed by atoms with E-state index in [-0.39, 0.29) is 18.7 Å². The van der Waals surface area contributed by atoms with E-state index in [0.717, 1.165) is 10.6 Å². The molecule has 0 unspecified atom stereocenters. The van der Waals surface area contributed by atoms with Gasteiger partial charge in [-0.15, -0.1) is 11.3 Å². The lowest BCUT2D eigenvalue weighted by atomic mass is 10.2. The number of hydrogen-bond acceptors (Lipinski definition) is 5. The Morgan fingerprint density at radius 1 is 1.14 bits per heavy atom. The molecule has 5 nitrogen and oxygen atoms in total. The van der Waals surface area contributed by atoms with Crippen LogP contribution in [0.5, 0.6) is 0 Å². The Morgan fingerprint density at radius 3 is 2.36 bits per heavy atom. The van der Waals surface area contributed by atoms with Crippen molar-refractivity contribution in [2.24, 2.45) is 0 Å². The van der Waals surface area contributed by atoms with Crippen LogP contribution in [-0.4, -0.2) is 28.9 Å². The third-order valence-corrected chi connectivity index (χ3v) is 3.91. The summed E-state index contributed by atoms with van der Waals surface area (Å²) in [6.07, 6.45) is 0.486. The van der Waals surface area contributed by atoms with Crippen LogP contribution in [0.15, 0.2) is 35.7 Å². The molecule has 22 heavy (non-hydrogen) atoms. The van der Waals surface area contributed by atoms with Crippen LogP contribution >= 0.6 is 11.3 Å². The van der Waals surface area contributed by atoms with Crippen LogP contribution in [0.2, 0.25) is 0 Å². The highest BCUT2D eigenvalue weighted by Crippen LogP contribution is 2.23. The van der Waals surface area contributed by atoms with Crippen molar-refractivity contribution < 1.29 is 4.79 Å². The standard InChI is InChI=1S/C16H14N4OS/c17-8-4-10-20(11-5-9-18)16(21)14-12-22-15(19-14)13-6-2-1-3-7-13/h1-3,6-7,12H,4-5,10-11H2. The largest absolute Gasteiger partial charge is 0.335 e. The summed E-state index contributed by atoms with van der Waals surface area (Å²) in [6.45, 7) is 0.629. The highest BCUT2D eigenvalue weighted by Gasteiger charge is 2.18. The van der Waals surface area contributed by atoms with E-state index in [4.69, 9.17) is 10.5 Å². The van der Waals surface area contributed by atoms with Crippen molar-refractivity contribution in [3.05, 3.63) is 41.4 Å². The normalized spacial score (nSPS) is 9.73. The number of aromatic nitrogens is 1. The Labute approximate surface area is 133 Å². The molecule has 1 aromatic heterocycles. The molecule has 2 aromatic rings. The quantitative estimate of drug-likeness (QED) is 0.821. The second kappa shape index (κ2) is 7.92. The third-order valence-electron chi connectivity index (χ3n) is 3.02. The van der Waals surface area contributed by atoms with Gasteiger partial charge in [0, 0.05) is 24.0 Å². The smallest absolute Gasteiger partial charge is 0.273 e. The molecule has 0 aliphatic heterocycles. The lowest BCUT2D eigenvalue weighted by Gasteiger charge is -2.18. The minimum absolute atomic E-state index is 0.232. The number of hydrogen-bond donors (Lipinski definition) is 0. The van der Waals surface area contributed by atoms with E-state index in [0.29, 0.717) is 18.8 Å². The molecule has 1 amide bonds. The fraction of sp³-hybridized carbons (Fsp3) is 0.250. The van der Waals surface area contributed by atoms with E-state index in [9.17, 15) is 4.79 Å². The molecule has 0 bridgehead atoms. The maximum absolute atomic E-state index is 12.5. The number of carbonyl (C=O) groups excluding carboxylic acids is 1. The van der Waals surface area contributed by atoms with Gasteiger partial charge in [0.15, 0.2) is 0 Å². The van der Waals surface area contributed by atoms with Gasteiger partial charge in [0.2, 0.25) is 0 Å². The van der Waals surface area contributed by atoms with E-state index in [1.54, 1.807) is 5.38 Å². The first-order chi connectivity index (χ1) is 10.8. The highest BCUT2D eigenvalue weighted by atomic mass is 32.1. The van der Waals surface area contributed by atoms with Gasteiger partial charge in [0.05, 0.1) is 25.0 Å². The molecule has 0 N–H and O–H groups in total. The average Bonchev–Trinajstić information content (AvgIpc) is 3.05. The van der Waals surface area contributed by atoms with Crippen molar-refractivity contribution in [3.8, 4) is 22.7 Å². The van der Waals surface area contributed by atoms with Crippen molar-refractivity contribution in [2.75, 3.05) is 13.1 Å². The second-order valence-corrected chi connectivity index (χ2v) is 5.37. The van der Waals surface area contributed by atoms with Gasteiger partial charge in [-0.1, -0.05) is 30.3 Å². The van der Waals surface area contributed by atoms with Gasteiger partial charge in [-0.2, -0.15) is 10.5 Å². The molecule has 0 spiro atoms. The topological polar surface area (TPSA) is 80.8 Å². The van der Waals surface area contributed by atoms with Crippen LogP contribution in [0.1, 0.15) is 23.3 Å². The van der Waals surface area contributed by atoms with Crippen molar-refractivity contribution >= 4 is 17.2 Å². The fourth-order valence-corrected chi connectivity index (χ4v) is 2.73. The first-order valence-electron chi connectivity index (χ1n) is 6.80. The third kappa shape index (κ3) is 3.91. The number of carbonyl (C=O) groups is 1. The Balaban J connectivity index is 2.15. The molecule has 1 aromatic carbocycles. The monoisotopic (exact) mass is 310 g/mol. The van der Waals surface area contributed by atoms with E-state index < -0.39 is 0 Å². The summed E-state index contributed by atoms with van der Waals surface area (Å²) in [6, 6.07) is 13.7. The molecular weight excluding hydrogens is 296 g/mol. The predicted molar refractivity (Wildman–Crippen MR) is 83.9 cm³/mol. The first kappa shape index (κ1) is 15.7. The average molecular weight is 310 g/mol. The zero-order chi connectivity index (χ0) is 15.8. The first-order valence-corrected chi connectivity index (χ1v) is 7.68. The van der Waals surface area contributed by atoms with E-state index >= 15 is 0 Å². The second-order valence-electron chi connectivity index (χ2n) is 4.51. The molecule has 0 fully saturated rings. The summed E-state index contributed by atoms with van der Waals surface area (Å²) in [4.78, 5) is 18.3. The predicted octanol–water partition coefficient (Wildman–Crippen LogP) is 3.08. The molecule has 6 heteroatoms. The number of amides is 1. The zero-order valence-electron chi connectivity index (χ0n) is 11.9. The van der Waals surface area contributed by atoms with E-state index in [1.807, 2.05) is 42.5 Å². The Hall–Kier alpha value is -2.70. The van der Waals surface area contributed by atoms with Gasteiger partial charge in [0.25, 0.3) is 5.91 Å². The van der Waals surface area contributed by atoms with Crippen molar-refractivity contribution in [1.29, 1.82) is 10.5 Å². The van der Waals surface area contributed by atoms with Crippen molar-refractivity contribution in [3.63, 3.8) is 0 Å². The molecule has 0 radical (unpaired) electrons. The van der Waals surface area contributed by atoms with Gasteiger partial charge in [-0.05, 0) is 0 Å². The summed E-state index contributed by atoms with van der Waals surface area (Å²) in [5, 5.41) is 19.9. The number of nitrogens with zero attached hydrogens (tertiary/aromatic N) is 4. The zero-order valence-corrected chi connectivity index (χ0v) is 12.7. The molecule has 0 atom stereocenters. The SMILES string of the molecule is N#CCCN(CCC#N)C(=O)c1csc(-c2ccccc2)n1. The van der Waals surface area contributed by atoms with Crippen LogP contribution in [0.3, 0.4) is 0 Å². The van der Waals surface area contributed by atoms with Gasteiger partial charge in [0.1, 0.15) is 10.7 Å². The minimum atomic E-state index is -0.232. The summed E-state index contributed by atoms with van der Waals surface area (Å²) < 4.78 is 0. The van der Waals surface area contributed by atoms with Crippen LogP contribution in [0, 0.1) is 22.7 Å². The van der Waals surface area contributed by atoms with Crippen LogP contribution in [0.4, 0.5) is 0 Å². The summed E-state index contributed by atoms with van der Waals surface area (Å²) in [5.74, 6) is -0.232. The molecule has 0 saturated carbocycles. The lowest BCUT2D eigenvalue weighted by molar-refractivity contribution is 0.0757. The van der Waals surface area contributed by atoms with Gasteiger partial charge < -0.3 is 4.90 Å². The molecule has 0 aliphatic carbocycles. The molecule has 1 heterocycles. The molecular formula is C16H14N4OS. The number of nitriles is 2. The summed E-state index contributed by atoms with van der Waals surface area (Å²) in [7, 11) is 0. The number of benzene rings is 1. The van der Waals surface area contributed by atoms with Crippen LogP contribution in [0.25, 0.3) is 10.6 Å². The Bertz CT molecular complexity index is 694. The van der Waals surface area contributed by atoms with Gasteiger partial charge >= 0.3 is 0 Å². The number of thiazole rings is 1. The Kier molecular flexibility index (Phi) is 5.65. The highest BCUT2D eigenvalue weighted by molar-refractivity contribution is 7.13. The molecule has 0 saturated heterocycles. The van der Waals surface area contributed by atoms with Gasteiger partial charge in [-0.3, -0.25) is 4.79 Å². The van der Waals surface area contributed by atoms with Crippen molar-refractivity contribution in [2.45, 2.75) is 12.8 Å². The maximum atomic E-state index is 12.5. The fourth-order valence-electron chi connectivity index (χ4n) is 1.93. The maximum Gasteiger partial charge on any atom is 0.273 e. The van der Waals surface area contributed by atoms with Gasteiger partial charge in [-0.25, -0.2) is 4.98 Å².